The van der Waals surface area contributed by atoms with Crippen molar-refractivity contribution >= 4 is 16.6 Å². The fourth-order valence-corrected chi connectivity index (χ4v) is 0.675. The molecule has 0 aromatic rings. The zero-order chi connectivity index (χ0) is 6.41. The Bertz CT molecular complexity index is 96.6. The minimum absolute atomic E-state index is 0.262. The molecular formula is C5H9O2S. The van der Waals surface area contributed by atoms with Gasteiger partial charge in [0.05, 0.1) is 11.3 Å². The molecule has 0 aromatic carbocycles. The van der Waals surface area contributed by atoms with Crippen molar-refractivity contribution in [3.05, 3.63) is 0 Å². The lowest BCUT2D eigenvalue weighted by atomic mass is 10.2. The molecule has 0 saturated carbocycles. The van der Waals surface area contributed by atoms with Crippen LogP contribution in [0.1, 0.15) is 19.8 Å². The quantitative estimate of drug-likeness (QED) is 0.519. The topological polar surface area (TPSA) is 37.0 Å². The van der Waals surface area contributed by atoms with Crippen LogP contribution in [0, 0.1) is 0 Å². The number of hydrogen-bond acceptors (Lipinski definition) is 1. The normalized spacial score (nSPS) is 12.8. The number of rotatable bonds is 3. The summed E-state index contributed by atoms with van der Waals surface area (Å²) in [6, 6.07) is 0. The lowest BCUT2D eigenvalue weighted by Gasteiger charge is -1.92. The van der Waals surface area contributed by atoms with Gasteiger partial charge in [-0.3, -0.25) is 0 Å². The van der Waals surface area contributed by atoms with Crippen LogP contribution < -0.4 is 0 Å². The van der Waals surface area contributed by atoms with Crippen molar-refractivity contribution in [1.82, 2.24) is 0 Å². The Labute approximate surface area is 52.6 Å². The Morgan fingerprint density at radius 2 is 2.38 bits per heavy atom. The van der Waals surface area contributed by atoms with Crippen molar-refractivity contribution in [3.8, 4) is 0 Å². The molecule has 0 N–H and O–H groups in total. The summed E-state index contributed by atoms with van der Waals surface area (Å²) in [4.78, 5) is 0. The lowest BCUT2D eigenvalue weighted by Crippen LogP contribution is -2.03. The van der Waals surface area contributed by atoms with Crippen LogP contribution in [-0.2, 0) is 16.4 Å². The van der Waals surface area contributed by atoms with Gasteiger partial charge in [0.15, 0.2) is 0 Å². The standard InChI is InChI=1S/C5H9O2S/c1-2-3-5(6)4-8-7/h4-5H,2-3H2,1H3. The predicted molar refractivity (Wildman–Crippen MR) is 33.6 cm³/mol. The van der Waals surface area contributed by atoms with E-state index in [2.05, 4.69) is 0 Å². The molecule has 0 aliphatic rings. The van der Waals surface area contributed by atoms with Gasteiger partial charge < -0.3 is 0 Å². The van der Waals surface area contributed by atoms with Gasteiger partial charge in [-0.05, 0) is 6.42 Å². The minimum Gasteiger partial charge on any atom is -0.228 e. The molecule has 0 spiro atoms. The molecule has 0 amide bonds. The van der Waals surface area contributed by atoms with Crippen molar-refractivity contribution in [2.75, 3.05) is 0 Å². The summed E-state index contributed by atoms with van der Waals surface area (Å²) in [6.45, 7) is 1.92. The van der Waals surface area contributed by atoms with Crippen molar-refractivity contribution in [1.29, 1.82) is 0 Å². The summed E-state index contributed by atoms with van der Waals surface area (Å²) < 4.78 is 9.68. The minimum atomic E-state index is -0.762. The summed E-state index contributed by atoms with van der Waals surface area (Å²) in [6.07, 6.45) is 0.669. The first-order chi connectivity index (χ1) is 3.81. The van der Waals surface area contributed by atoms with Crippen LogP contribution in [0.15, 0.2) is 0 Å². The molecule has 0 fully saturated rings. The molecule has 1 atom stereocenters. The molecule has 1 radical (unpaired) electrons. The molecular weight excluding hydrogens is 124 g/mol. The van der Waals surface area contributed by atoms with Crippen LogP contribution in [0.5, 0.6) is 0 Å². The second-order valence-electron chi connectivity index (χ2n) is 1.56. The van der Waals surface area contributed by atoms with Crippen LogP contribution in [0.4, 0.5) is 0 Å². The lowest BCUT2D eigenvalue weighted by molar-refractivity contribution is 0.143. The fraction of sp³-hybridized carbons (Fsp3) is 0.800. The number of hydrogen-bond donors (Lipinski definition) is 0. The summed E-state index contributed by atoms with van der Waals surface area (Å²) in [5.41, 5.74) is 0. The maximum atomic E-state index is 10.4. The first-order valence-corrected chi connectivity index (χ1v) is 3.39. The second kappa shape index (κ2) is 5.00. The van der Waals surface area contributed by atoms with Crippen LogP contribution in [0.25, 0.3) is 0 Å². The van der Waals surface area contributed by atoms with E-state index in [0.29, 0.717) is 6.42 Å². The van der Waals surface area contributed by atoms with Gasteiger partial charge >= 0.3 is 0 Å². The second-order valence-corrected chi connectivity index (χ2v) is 2.02. The summed E-state index contributed by atoms with van der Waals surface area (Å²) in [5.74, 6) is 0. The Hall–Kier alpha value is -0.150. The van der Waals surface area contributed by atoms with Gasteiger partial charge in [0.2, 0.25) is 0 Å². The van der Waals surface area contributed by atoms with E-state index in [4.69, 9.17) is 0 Å². The molecule has 47 valence electrons. The van der Waals surface area contributed by atoms with Gasteiger partial charge in [-0.25, -0.2) is 9.32 Å². The molecule has 1 unspecified atom stereocenters. The highest BCUT2D eigenvalue weighted by atomic mass is 32.1. The average Bonchev–Trinajstić information content (AvgIpc) is 1.68. The predicted octanol–water partition coefficient (Wildman–Crippen LogP) is 0.601. The Morgan fingerprint density at radius 3 is 2.75 bits per heavy atom. The van der Waals surface area contributed by atoms with Gasteiger partial charge in [0, 0.05) is 5.37 Å². The Balaban J connectivity index is 3.31. The smallest absolute Gasteiger partial charge is 0.123 e. The maximum absolute atomic E-state index is 10.4. The Morgan fingerprint density at radius 1 is 1.75 bits per heavy atom. The molecule has 0 heterocycles. The van der Waals surface area contributed by atoms with E-state index in [1.807, 2.05) is 6.92 Å². The SMILES string of the molecule is CCCC([O])C=S=O. The molecule has 3 heteroatoms. The van der Waals surface area contributed by atoms with E-state index >= 15 is 0 Å². The monoisotopic (exact) mass is 133 g/mol. The van der Waals surface area contributed by atoms with Crippen molar-refractivity contribution in [2.45, 2.75) is 25.9 Å². The highest BCUT2D eigenvalue weighted by Crippen LogP contribution is 1.91. The average molecular weight is 133 g/mol. The highest BCUT2D eigenvalue weighted by molar-refractivity contribution is 7.64. The summed E-state index contributed by atoms with van der Waals surface area (Å²) >= 11 is 0.262. The van der Waals surface area contributed by atoms with E-state index in [9.17, 15) is 9.32 Å². The van der Waals surface area contributed by atoms with Gasteiger partial charge in [0.25, 0.3) is 0 Å². The Kier molecular flexibility index (Phi) is 4.90. The first-order valence-electron chi connectivity index (χ1n) is 2.59. The summed E-state index contributed by atoms with van der Waals surface area (Å²) in [7, 11) is 0. The van der Waals surface area contributed by atoms with Crippen LogP contribution >= 0.6 is 0 Å². The van der Waals surface area contributed by atoms with Gasteiger partial charge in [-0.15, -0.1) is 0 Å². The van der Waals surface area contributed by atoms with E-state index in [1.54, 1.807) is 0 Å². The molecule has 0 saturated heterocycles. The zero-order valence-electron chi connectivity index (χ0n) is 4.79. The van der Waals surface area contributed by atoms with Gasteiger partial charge in [-0.1, -0.05) is 13.3 Å². The van der Waals surface area contributed by atoms with Gasteiger partial charge in [-0.2, -0.15) is 0 Å². The summed E-state index contributed by atoms with van der Waals surface area (Å²) in [5, 5.41) is 11.6. The largest absolute Gasteiger partial charge is 0.228 e. The van der Waals surface area contributed by atoms with Crippen LogP contribution in [0.2, 0.25) is 0 Å². The van der Waals surface area contributed by atoms with E-state index < -0.39 is 6.10 Å². The maximum Gasteiger partial charge on any atom is 0.123 e. The van der Waals surface area contributed by atoms with Gasteiger partial charge in [0.1, 0.15) is 6.10 Å². The van der Waals surface area contributed by atoms with Crippen LogP contribution in [0.3, 0.4) is 0 Å². The zero-order valence-corrected chi connectivity index (χ0v) is 5.61. The first kappa shape index (κ1) is 7.85. The van der Waals surface area contributed by atoms with E-state index in [1.165, 1.54) is 5.37 Å². The van der Waals surface area contributed by atoms with E-state index in [-0.39, 0.29) is 11.3 Å². The molecule has 0 rings (SSSR count). The van der Waals surface area contributed by atoms with Crippen molar-refractivity contribution in [3.63, 3.8) is 0 Å². The third-order valence-corrected chi connectivity index (χ3v) is 1.20. The third-order valence-electron chi connectivity index (χ3n) is 0.781. The fourth-order valence-electron chi connectivity index (χ4n) is 0.415. The molecule has 8 heavy (non-hydrogen) atoms. The molecule has 2 nitrogen and oxygen atoms in total. The van der Waals surface area contributed by atoms with Crippen LogP contribution in [-0.4, -0.2) is 15.7 Å². The molecule has 0 aromatic heterocycles. The highest BCUT2D eigenvalue weighted by Gasteiger charge is 1.96. The van der Waals surface area contributed by atoms with Crippen molar-refractivity contribution in [2.24, 2.45) is 0 Å². The van der Waals surface area contributed by atoms with E-state index in [0.717, 1.165) is 6.42 Å². The third kappa shape index (κ3) is 4.02. The molecule has 0 bridgehead atoms. The molecule has 0 aliphatic heterocycles. The van der Waals surface area contributed by atoms with Crippen molar-refractivity contribution < 1.29 is 9.32 Å². The molecule has 0 aliphatic carbocycles.